The normalized spacial score (nSPS) is 16.4. The summed E-state index contributed by atoms with van der Waals surface area (Å²) in [6.07, 6.45) is 6.83. The molecule has 2 rings (SSSR count). The second-order valence-corrected chi connectivity index (χ2v) is 6.76. The van der Waals surface area contributed by atoms with E-state index in [2.05, 4.69) is 49.9 Å². The summed E-state index contributed by atoms with van der Waals surface area (Å²) in [5.41, 5.74) is 3.06. The third-order valence-corrected chi connectivity index (χ3v) is 4.59. The summed E-state index contributed by atoms with van der Waals surface area (Å²) in [6.45, 7) is 10.5. The number of hydrogen-bond donors (Lipinski definition) is 0. The SMILES string of the molecule is CCN(CCc1ccc(C2CCCC2)cc1)CC(C)C. The van der Waals surface area contributed by atoms with E-state index >= 15 is 0 Å². The zero-order chi connectivity index (χ0) is 14.4. The Morgan fingerprint density at radius 2 is 1.75 bits per heavy atom. The molecule has 1 nitrogen and oxygen atoms in total. The first kappa shape index (κ1) is 15.6. The first-order valence-electron chi connectivity index (χ1n) is 8.50. The lowest BCUT2D eigenvalue weighted by Crippen LogP contribution is -2.29. The maximum atomic E-state index is 2.57. The van der Waals surface area contributed by atoms with Crippen molar-refractivity contribution in [1.82, 2.24) is 4.90 Å². The van der Waals surface area contributed by atoms with E-state index in [1.54, 1.807) is 5.56 Å². The van der Waals surface area contributed by atoms with Crippen molar-refractivity contribution in [2.24, 2.45) is 5.92 Å². The molecule has 0 heterocycles. The van der Waals surface area contributed by atoms with Gasteiger partial charge in [-0.2, -0.15) is 0 Å². The molecule has 1 aliphatic carbocycles. The smallest absolute Gasteiger partial charge is 0.00218 e. The number of hydrogen-bond acceptors (Lipinski definition) is 1. The van der Waals surface area contributed by atoms with Gasteiger partial charge in [0, 0.05) is 13.1 Å². The molecule has 0 N–H and O–H groups in total. The summed E-state index contributed by atoms with van der Waals surface area (Å²) in [7, 11) is 0. The van der Waals surface area contributed by atoms with Gasteiger partial charge in [0.2, 0.25) is 0 Å². The summed E-state index contributed by atoms with van der Waals surface area (Å²) in [5.74, 6) is 1.61. The van der Waals surface area contributed by atoms with Crippen molar-refractivity contribution in [3.63, 3.8) is 0 Å². The van der Waals surface area contributed by atoms with Crippen molar-refractivity contribution in [2.75, 3.05) is 19.6 Å². The fourth-order valence-corrected chi connectivity index (χ4v) is 3.40. The summed E-state index contributed by atoms with van der Waals surface area (Å²) in [6, 6.07) is 9.47. The van der Waals surface area contributed by atoms with Crippen LogP contribution in [0, 0.1) is 5.92 Å². The monoisotopic (exact) mass is 273 g/mol. The number of rotatable bonds is 7. The zero-order valence-corrected chi connectivity index (χ0v) is 13.6. The molecule has 20 heavy (non-hydrogen) atoms. The van der Waals surface area contributed by atoms with Crippen LogP contribution >= 0.6 is 0 Å². The van der Waals surface area contributed by atoms with Gasteiger partial charge < -0.3 is 4.90 Å². The van der Waals surface area contributed by atoms with E-state index in [-0.39, 0.29) is 0 Å². The quantitative estimate of drug-likeness (QED) is 0.685. The third-order valence-electron chi connectivity index (χ3n) is 4.59. The van der Waals surface area contributed by atoms with Crippen LogP contribution in [0.2, 0.25) is 0 Å². The molecule has 0 radical (unpaired) electrons. The lowest BCUT2D eigenvalue weighted by atomic mass is 9.96. The zero-order valence-electron chi connectivity index (χ0n) is 13.6. The predicted octanol–water partition coefficient (Wildman–Crippen LogP) is 4.86. The summed E-state index contributed by atoms with van der Waals surface area (Å²) in [4.78, 5) is 2.57. The van der Waals surface area contributed by atoms with Gasteiger partial charge in [0.15, 0.2) is 0 Å². The molecule has 112 valence electrons. The van der Waals surface area contributed by atoms with Crippen molar-refractivity contribution in [3.8, 4) is 0 Å². The molecule has 1 heteroatoms. The molecule has 0 bridgehead atoms. The molecule has 1 aliphatic rings. The van der Waals surface area contributed by atoms with Gasteiger partial charge in [-0.05, 0) is 48.8 Å². The van der Waals surface area contributed by atoms with Gasteiger partial charge in [-0.1, -0.05) is 57.9 Å². The summed E-state index contributed by atoms with van der Waals surface area (Å²) in [5, 5.41) is 0. The molecular formula is C19H31N. The van der Waals surface area contributed by atoms with Crippen LogP contribution in [0.15, 0.2) is 24.3 Å². The minimum Gasteiger partial charge on any atom is -0.303 e. The molecule has 0 aromatic heterocycles. The van der Waals surface area contributed by atoms with Crippen LogP contribution in [0.25, 0.3) is 0 Å². The highest BCUT2D eigenvalue weighted by molar-refractivity contribution is 5.26. The van der Waals surface area contributed by atoms with Gasteiger partial charge in [-0.25, -0.2) is 0 Å². The number of benzene rings is 1. The van der Waals surface area contributed by atoms with E-state index in [0.29, 0.717) is 0 Å². The predicted molar refractivity (Wildman–Crippen MR) is 88.3 cm³/mol. The molecule has 1 aromatic carbocycles. The molecule has 0 amide bonds. The van der Waals surface area contributed by atoms with Crippen molar-refractivity contribution < 1.29 is 0 Å². The van der Waals surface area contributed by atoms with Crippen LogP contribution < -0.4 is 0 Å². The van der Waals surface area contributed by atoms with Gasteiger partial charge in [0.1, 0.15) is 0 Å². The van der Waals surface area contributed by atoms with E-state index in [1.807, 2.05) is 0 Å². The topological polar surface area (TPSA) is 3.24 Å². The second kappa shape index (κ2) is 7.83. The fourth-order valence-electron chi connectivity index (χ4n) is 3.40. The average Bonchev–Trinajstić information content (AvgIpc) is 2.97. The van der Waals surface area contributed by atoms with Crippen LogP contribution in [-0.4, -0.2) is 24.5 Å². The molecule has 0 aliphatic heterocycles. The minimum absolute atomic E-state index is 0.764. The minimum atomic E-state index is 0.764. The Bertz CT molecular complexity index is 373. The van der Waals surface area contributed by atoms with E-state index in [4.69, 9.17) is 0 Å². The van der Waals surface area contributed by atoms with E-state index in [9.17, 15) is 0 Å². The van der Waals surface area contributed by atoms with E-state index in [1.165, 1.54) is 57.3 Å². The first-order valence-corrected chi connectivity index (χ1v) is 8.50. The molecule has 1 saturated carbocycles. The van der Waals surface area contributed by atoms with Gasteiger partial charge in [-0.3, -0.25) is 0 Å². The Morgan fingerprint density at radius 1 is 1.10 bits per heavy atom. The largest absolute Gasteiger partial charge is 0.303 e. The maximum Gasteiger partial charge on any atom is 0.00218 e. The standard InChI is InChI=1S/C19H31N/c1-4-20(15-16(2)3)14-13-17-9-11-19(12-10-17)18-7-5-6-8-18/h9-12,16,18H,4-8,13-15H2,1-3H3. The Morgan fingerprint density at radius 3 is 2.30 bits per heavy atom. The van der Waals surface area contributed by atoms with Crippen molar-refractivity contribution in [3.05, 3.63) is 35.4 Å². The Labute approximate surface area is 125 Å². The van der Waals surface area contributed by atoms with Crippen LogP contribution in [0.1, 0.15) is 63.5 Å². The maximum absolute atomic E-state index is 2.57. The van der Waals surface area contributed by atoms with Gasteiger partial charge in [-0.15, -0.1) is 0 Å². The third kappa shape index (κ3) is 4.63. The Hall–Kier alpha value is -0.820. The highest BCUT2D eigenvalue weighted by atomic mass is 15.1. The first-order chi connectivity index (χ1) is 9.69. The number of likely N-dealkylation sites (N-methyl/N-ethyl adjacent to an activating group) is 1. The molecule has 0 saturated heterocycles. The highest BCUT2D eigenvalue weighted by Crippen LogP contribution is 2.33. The molecule has 0 spiro atoms. The Kier molecular flexibility index (Phi) is 6.09. The van der Waals surface area contributed by atoms with Crippen LogP contribution in [-0.2, 0) is 6.42 Å². The van der Waals surface area contributed by atoms with E-state index in [0.717, 1.165) is 11.8 Å². The highest BCUT2D eigenvalue weighted by Gasteiger charge is 2.16. The number of nitrogens with zero attached hydrogens (tertiary/aromatic N) is 1. The molecule has 0 unspecified atom stereocenters. The Balaban J connectivity index is 1.83. The lowest BCUT2D eigenvalue weighted by molar-refractivity contribution is 0.259. The molecule has 1 aromatic rings. The van der Waals surface area contributed by atoms with Crippen molar-refractivity contribution in [1.29, 1.82) is 0 Å². The molecule has 0 atom stereocenters. The fraction of sp³-hybridized carbons (Fsp3) is 0.684. The second-order valence-electron chi connectivity index (χ2n) is 6.76. The van der Waals surface area contributed by atoms with Crippen LogP contribution in [0.5, 0.6) is 0 Å². The molecular weight excluding hydrogens is 242 g/mol. The summed E-state index contributed by atoms with van der Waals surface area (Å²) < 4.78 is 0. The van der Waals surface area contributed by atoms with Gasteiger partial charge >= 0.3 is 0 Å². The summed E-state index contributed by atoms with van der Waals surface area (Å²) >= 11 is 0. The van der Waals surface area contributed by atoms with Gasteiger partial charge in [0.25, 0.3) is 0 Å². The van der Waals surface area contributed by atoms with Crippen molar-refractivity contribution in [2.45, 2.75) is 58.8 Å². The lowest BCUT2D eigenvalue weighted by Gasteiger charge is -2.22. The molecule has 1 fully saturated rings. The van der Waals surface area contributed by atoms with Gasteiger partial charge in [0.05, 0.1) is 0 Å². The average molecular weight is 273 g/mol. The van der Waals surface area contributed by atoms with Crippen LogP contribution in [0.3, 0.4) is 0 Å². The van der Waals surface area contributed by atoms with Crippen molar-refractivity contribution >= 4 is 0 Å². The van der Waals surface area contributed by atoms with E-state index < -0.39 is 0 Å². The van der Waals surface area contributed by atoms with Crippen LogP contribution in [0.4, 0.5) is 0 Å².